The highest BCUT2D eigenvalue weighted by molar-refractivity contribution is 6.30. The highest BCUT2D eigenvalue weighted by atomic mass is 35.5. The number of carbonyl (C=O) groups is 1. The molecule has 0 aliphatic carbocycles. The van der Waals surface area contributed by atoms with Gasteiger partial charge < -0.3 is 19.2 Å². The molecule has 0 atom stereocenters. The third-order valence-corrected chi connectivity index (χ3v) is 5.57. The lowest BCUT2D eigenvalue weighted by molar-refractivity contribution is -0.111. The van der Waals surface area contributed by atoms with Crippen LogP contribution in [0.5, 0.6) is 11.5 Å². The summed E-state index contributed by atoms with van der Waals surface area (Å²) in [4.78, 5) is 12.6. The van der Waals surface area contributed by atoms with Crippen LogP contribution in [0.2, 0.25) is 5.02 Å². The summed E-state index contributed by atoms with van der Waals surface area (Å²) in [6.07, 6.45) is 3.08. The zero-order valence-corrected chi connectivity index (χ0v) is 19.7. The predicted octanol–water partition coefficient (Wildman–Crippen LogP) is 7.34. The van der Waals surface area contributed by atoms with E-state index in [1.807, 2.05) is 37.3 Å². The second-order valence-corrected chi connectivity index (χ2v) is 8.00. The molecule has 0 unspecified atom stereocenters. The Hall–Kier alpha value is -3.77. The molecule has 0 saturated heterocycles. The van der Waals surface area contributed by atoms with Gasteiger partial charge in [0.1, 0.15) is 22.9 Å². The minimum atomic E-state index is -0.608. The Kier molecular flexibility index (Phi) is 6.89. The smallest absolute Gasteiger partial charge is 0.248 e. The normalized spacial score (nSPS) is 11.5. The first-order valence-corrected chi connectivity index (χ1v) is 11.0. The Labute approximate surface area is 201 Å². The van der Waals surface area contributed by atoms with Crippen LogP contribution in [-0.2, 0) is 4.79 Å². The van der Waals surface area contributed by atoms with Crippen molar-refractivity contribution >= 4 is 39.7 Å². The van der Waals surface area contributed by atoms with Crippen LogP contribution in [0.15, 0.2) is 71.4 Å². The molecule has 0 fully saturated rings. The number of hydrogen-bond acceptors (Lipinski definition) is 4. The predicted molar refractivity (Wildman–Crippen MR) is 133 cm³/mol. The van der Waals surface area contributed by atoms with Crippen LogP contribution in [0.3, 0.4) is 0 Å². The molecular formula is C27H23ClFNO4. The van der Waals surface area contributed by atoms with Crippen molar-refractivity contribution in [3.05, 3.63) is 83.3 Å². The molecule has 5 nitrogen and oxygen atoms in total. The summed E-state index contributed by atoms with van der Waals surface area (Å²) in [7, 11) is 1.62. The maximum atomic E-state index is 14.1. The minimum Gasteiger partial charge on any atom is -0.496 e. The maximum absolute atomic E-state index is 14.1. The molecule has 0 aliphatic rings. The SMILES string of the molecule is CCOc1cc2occ(-c3ccccc3OC)c2cc1/C(C)=C/C(=O)Nc1ccc(Cl)cc1F. The fraction of sp³-hybridized carbons (Fsp3) is 0.148. The molecular weight excluding hydrogens is 457 g/mol. The first kappa shape index (κ1) is 23.4. The van der Waals surface area contributed by atoms with Gasteiger partial charge in [0.15, 0.2) is 0 Å². The topological polar surface area (TPSA) is 60.7 Å². The second-order valence-electron chi connectivity index (χ2n) is 7.57. The number of benzene rings is 3. The Morgan fingerprint density at radius 3 is 2.65 bits per heavy atom. The van der Waals surface area contributed by atoms with E-state index in [2.05, 4.69) is 5.32 Å². The van der Waals surface area contributed by atoms with E-state index >= 15 is 0 Å². The zero-order chi connectivity index (χ0) is 24.2. The number of furan rings is 1. The average molecular weight is 480 g/mol. The summed E-state index contributed by atoms with van der Waals surface area (Å²) >= 11 is 5.79. The van der Waals surface area contributed by atoms with Gasteiger partial charge in [0.25, 0.3) is 0 Å². The van der Waals surface area contributed by atoms with Crippen LogP contribution in [0.25, 0.3) is 27.7 Å². The van der Waals surface area contributed by atoms with Gasteiger partial charge in [-0.15, -0.1) is 0 Å². The fourth-order valence-corrected chi connectivity index (χ4v) is 3.91. The van der Waals surface area contributed by atoms with Gasteiger partial charge in [0.2, 0.25) is 5.91 Å². The van der Waals surface area contributed by atoms with Crippen molar-refractivity contribution in [2.75, 3.05) is 19.0 Å². The molecule has 34 heavy (non-hydrogen) atoms. The number of amides is 1. The summed E-state index contributed by atoms with van der Waals surface area (Å²) in [6, 6.07) is 15.5. The van der Waals surface area contributed by atoms with E-state index in [-0.39, 0.29) is 10.7 Å². The second kappa shape index (κ2) is 10.0. The molecule has 0 radical (unpaired) electrons. The largest absolute Gasteiger partial charge is 0.496 e. The number of halogens is 2. The highest BCUT2D eigenvalue weighted by Crippen LogP contribution is 2.40. The van der Waals surface area contributed by atoms with E-state index in [9.17, 15) is 9.18 Å². The number of rotatable bonds is 7. The lowest BCUT2D eigenvalue weighted by atomic mass is 9.98. The summed E-state index contributed by atoms with van der Waals surface area (Å²) in [5, 5.41) is 3.65. The quantitative estimate of drug-likeness (QED) is 0.282. The zero-order valence-electron chi connectivity index (χ0n) is 18.9. The Morgan fingerprint density at radius 2 is 1.91 bits per heavy atom. The van der Waals surface area contributed by atoms with Gasteiger partial charge in [0.05, 0.1) is 25.7 Å². The monoisotopic (exact) mass is 479 g/mol. The molecule has 4 rings (SSSR count). The number of ether oxygens (including phenoxy) is 2. The average Bonchev–Trinajstić information content (AvgIpc) is 3.23. The number of methoxy groups -OCH3 is 1. The summed E-state index contributed by atoms with van der Waals surface area (Å²) in [5.74, 6) is 0.217. The molecule has 0 aliphatic heterocycles. The van der Waals surface area contributed by atoms with Crippen LogP contribution in [0.1, 0.15) is 19.4 Å². The molecule has 1 heterocycles. The van der Waals surface area contributed by atoms with Gasteiger partial charge in [-0.05, 0) is 49.8 Å². The van der Waals surface area contributed by atoms with E-state index in [1.165, 1.54) is 18.2 Å². The molecule has 1 aromatic heterocycles. The Morgan fingerprint density at radius 1 is 1.12 bits per heavy atom. The van der Waals surface area contributed by atoms with E-state index in [0.717, 1.165) is 33.9 Å². The minimum absolute atomic E-state index is 0.0484. The lowest BCUT2D eigenvalue weighted by Crippen LogP contribution is -2.10. The molecule has 3 aromatic carbocycles. The number of nitrogens with one attached hydrogen (secondary N) is 1. The Bertz CT molecular complexity index is 1390. The van der Waals surface area contributed by atoms with Gasteiger partial charge >= 0.3 is 0 Å². The third-order valence-electron chi connectivity index (χ3n) is 5.33. The number of fused-ring (bicyclic) bond motifs is 1. The van der Waals surface area contributed by atoms with Crippen molar-refractivity contribution in [2.45, 2.75) is 13.8 Å². The lowest BCUT2D eigenvalue weighted by Gasteiger charge is -2.12. The van der Waals surface area contributed by atoms with E-state index in [4.69, 9.17) is 25.5 Å². The highest BCUT2D eigenvalue weighted by Gasteiger charge is 2.17. The Balaban J connectivity index is 1.75. The molecule has 0 spiro atoms. The van der Waals surface area contributed by atoms with Crippen LogP contribution in [-0.4, -0.2) is 19.6 Å². The standard InChI is InChI=1S/C27H23ClFNO4/c1-4-33-25-14-26-20(21(15-34-26)18-7-5-6-8-24(18)32-3)13-19(25)16(2)11-27(31)30-23-10-9-17(28)12-22(23)29/h5-15H,4H2,1-3H3,(H,30,31)/b16-11+. The molecule has 174 valence electrons. The van der Waals surface area contributed by atoms with Crippen LogP contribution >= 0.6 is 11.6 Å². The van der Waals surface area contributed by atoms with E-state index in [0.29, 0.717) is 23.5 Å². The molecule has 0 bridgehead atoms. The summed E-state index contributed by atoms with van der Waals surface area (Å²) < 4.78 is 31.2. The first-order valence-electron chi connectivity index (χ1n) is 10.7. The van der Waals surface area contributed by atoms with Crippen LogP contribution in [0, 0.1) is 5.82 Å². The molecule has 4 aromatic rings. The van der Waals surface area contributed by atoms with Crippen molar-refractivity contribution < 1.29 is 23.1 Å². The third kappa shape index (κ3) is 4.77. The number of para-hydroxylation sites is 1. The van der Waals surface area contributed by atoms with Crippen molar-refractivity contribution in [2.24, 2.45) is 0 Å². The van der Waals surface area contributed by atoms with Crippen molar-refractivity contribution in [3.8, 4) is 22.6 Å². The van der Waals surface area contributed by atoms with Gasteiger partial charge in [0, 0.05) is 39.2 Å². The van der Waals surface area contributed by atoms with Gasteiger partial charge in [-0.3, -0.25) is 4.79 Å². The first-order chi connectivity index (χ1) is 16.4. The van der Waals surface area contributed by atoms with E-state index in [1.54, 1.807) is 26.4 Å². The van der Waals surface area contributed by atoms with Crippen molar-refractivity contribution in [3.63, 3.8) is 0 Å². The van der Waals surface area contributed by atoms with Crippen molar-refractivity contribution in [1.29, 1.82) is 0 Å². The van der Waals surface area contributed by atoms with Gasteiger partial charge in [-0.25, -0.2) is 4.39 Å². The number of anilines is 1. The molecule has 0 saturated carbocycles. The fourth-order valence-electron chi connectivity index (χ4n) is 3.75. The summed E-state index contributed by atoms with van der Waals surface area (Å²) in [5.41, 5.74) is 3.80. The number of allylic oxidation sites excluding steroid dienone is 1. The molecule has 7 heteroatoms. The number of carbonyl (C=O) groups excluding carboxylic acids is 1. The van der Waals surface area contributed by atoms with Crippen LogP contribution in [0.4, 0.5) is 10.1 Å². The molecule has 1 N–H and O–H groups in total. The van der Waals surface area contributed by atoms with Crippen molar-refractivity contribution in [1.82, 2.24) is 0 Å². The van der Waals surface area contributed by atoms with E-state index < -0.39 is 11.7 Å². The number of hydrogen-bond donors (Lipinski definition) is 1. The van der Waals surface area contributed by atoms with Gasteiger partial charge in [-0.2, -0.15) is 0 Å². The maximum Gasteiger partial charge on any atom is 0.248 e. The van der Waals surface area contributed by atoms with Gasteiger partial charge in [-0.1, -0.05) is 29.8 Å². The van der Waals surface area contributed by atoms with Crippen LogP contribution < -0.4 is 14.8 Å². The molecule has 1 amide bonds. The summed E-state index contributed by atoms with van der Waals surface area (Å²) in [6.45, 7) is 4.11.